The largest absolute Gasteiger partial charge is 0.395 e. The van der Waals surface area contributed by atoms with E-state index in [-0.39, 0.29) is 12.2 Å². The molecule has 122 valence electrons. The zero-order chi connectivity index (χ0) is 15.3. The predicted molar refractivity (Wildman–Crippen MR) is 82.5 cm³/mol. The van der Waals surface area contributed by atoms with Crippen molar-refractivity contribution >= 4 is 0 Å². The highest BCUT2D eigenvalue weighted by Crippen LogP contribution is 2.23. The van der Waals surface area contributed by atoms with Crippen LogP contribution < -0.4 is 0 Å². The summed E-state index contributed by atoms with van der Waals surface area (Å²) in [5.74, 6) is 0. The van der Waals surface area contributed by atoms with E-state index in [2.05, 4.69) is 20.9 Å². The van der Waals surface area contributed by atoms with Gasteiger partial charge in [-0.15, -0.1) is 0 Å². The number of aliphatic hydroxyl groups excluding tert-OH is 1. The molecule has 0 saturated carbocycles. The number of aromatic nitrogens is 1. The summed E-state index contributed by atoms with van der Waals surface area (Å²) >= 11 is 0. The van der Waals surface area contributed by atoms with Crippen LogP contribution in [0, 0.1) is 0 Å². The van der Waals surface area contributed by atoms with E-state index in [4.69, 9.17) is 9.47 Å². The molecule has 0 unspecified atom stereocenters. The van der Waals surface area contributed by atoms with Crippen molar-refractivity contribution in [1.82, 2.24) is 14.8 Å². The molecule has 0 amide bonds. The molecule has 0 radical (unpaired) electrons. The van der Waals surface area contributed by atoms with Crippen LogP contribution in [0.5, 0.6) is 0 Å². The van der Waals surface area contributed by atoms with Gasteiger partial charge in [0.15, 0.2) is 0 Å². The van der Waals surface area contributed by atoms with Gasteiger partial charge in [0.2, 0.25) is 0 Å². The molecule has 22 heavy (non-hydrogen) atoms. The molecule has 6 nitrogen and oxygen atoms in total. The van der Waals surface area contributed by atoms with Gasteiger partial charge in [-0.05, 0) is 11.6 Å². The highest BCUT2D eigenvalue weighted by molar-refractivity contribution is 5.08. The summed E-state index contributed by atoms with van der Waals surface area (Å²) < 4.78 is 11.9. The molecular weight excluding hydrogens is 282 g/mol. The van der Waals surface area contributed by atoms with E-state index in [1.807, 2.05) is 12.3 Å². The third kappa shape index (κ3) is 4.02. The van der Waals surface area contributed by atoms with Gasteiger partial charge in [-0.1, -0.05) is 6.07 Å². The lowest BCUT2D eigenvalue weighted by Crippen LogP contribution is -2.58. The molecular formula is C16H25N3O3. The van der Waals surface area contributed by atoms with Crippen LogP contribution in [0.1, 0.15) is 5.56 Å². The summed E-state index contributed by atoms with van der Waals surface area (Å²) in [5.41, 5.74) is 0.925. The molecule has 0 aliphatic carbocycles. The Kier molecular flexibility index (Phi) is 5.38. The van der Waals surface area contributed by atoms with E-state index in [1.54, 1.807) is 6.20 Å². The second-order valence-corrected chi connectivity index (χ2v) is 6.16. The average molecular weight is 307 g/mol. The first-order valence-electron chi connectivity index (χ1n) is 7.96. The molecule has 6 heteroatoms. The summed E-state index contributed by atoms with van der Waals surface area (Å²) in [5, 5.41) is 9.18. The second kappa shape index (κ2) is 7.48. The van der Waals surface area contributed by atoms with Crippen LogP contribution in [0.25, 0.3) is 0 Å². The standard InChI is InChI=1S/C16H25N3O3/c20-7-4-18-6-9-22-16(12-18)13-19(5-8-21-14-16)11-15-2-1-3-17-10-15/h1-3,10,20H,4-9,11-14H2/t16-/m1/s1. The Hall–Kier alpha value is -1.05. The van der Waals surface area contributed by atoms with Crippen LogP contribution in [0.3, 0.4) is 0 Å². The van der Waals surface area contributed by atoms with Crippen molar-refractivity contribution in [3.8, 4) is 0 Å². The quantitative estimate of drug-likeness (QED) is 0.843. The minimum Gasteiger partial charge on any atom is -0.395 e. The number of aliphatic hydroxyl groups is 1. The van der Waals surface area contributed by atoms with Crippen LogP contribution in [0.4, 0.5) is 0 Å². The Labute approximate surface area is 131 Å². The van der Waals surface area contributed by atoms with Gasteiger partial charge in [-0.25, -0.2) is 0 Å². The minimum absolute atomic E-state index is 0.191. The maximum atomic E-state index is 9.18. The van der Waals surface area contributed by atoms with Crippen molar-refractivity contribution in [3.05, 3.63) is 30.1 Å². The smallest absolute Gasteiger partial charge is 0.117 e. The van der Waals surface area contributed by atoms with E-state index < -0.39 is 0 Å². The number of hydrogen-bond acceptors (Lipinski definition) is 6. The van der Waals surface area contributed by atoms with Gasteiger partial charge in [0.05, 0.1) is 26.4 Å². The topological polar surface area (TPSA) is 58.1 Å². The van der Waals surface area contributed by atoms with Crippen molar-refractivity contribution in [2.24, 2.45) is 0 Å². The number of ether oxygens (including phenoxy) is 2. The highest BCUT2D eigenvalue weighted by atomic mass is 16.5. The zero-order valence-corrected chi connectivity index (χ0v) is 13.0. The molecule has 1 spiro atoms. The van der Waals surface area contributed by atoms with Crippen molar-refractivity contribution in [1.29, 1.82) is 0 Å². The van der Waals surface area contributed by atoms with Crippen LogP contribution >= 0.6 is 0 Å². The number of rotatable bonds is 4. The first-order valence-corrected chi connectivity index (χ1v) is 7.96. The lowest BCUT2D eigenvalue weighted by molar-refractivity contribution is -0.143. The maximum Gasteiger partial charge on any atom is 0.117 e. The summed E-state index contributed by atoms with van der Waals surface area (Å²) in [6, 6.07) is 4.07. The van der Waals surface area contributed by atoms with Gasteiger partial charge in [-0.3, -0.25) is 14.8 Å². The molecule has 1 N–H and O–H groups in total. The van der Waals surface area contributed by atoms with E-state index >= 15 is 0 Å². The fourth-order valence-corrected chi connectivity index (χ4v) is 3.31. The normalized spacial score (nSPS) is 27.9. The Morgan fingerprint density at radius 3 is 2.91 bits per heavy atom. The maximum absolute atomic E-state index is 9.18. The first kappa shape index (κ1) is 15.8. The summed E-state index contributed by atoms with van der Waals surface area (Å²) in [6.07, 6.45) is 3.71. The van der Waals surface area contributed by atoms with Crippen LogP contribution in [0.15, 0.2) is 24.5 Å². The number of morpholine rings is 1. The Morgan fingerprint density at radius 2 is 2.09 bits per heavy atom. The van der Waals surface area contributed by atoms with Gasteiger partial charge in [0.1, 0.15) is 5.60 Å². The van der Waals surface area contributed by atoms with Crippen LogP contribution in [0.2, 0.25) is 0 Å². The van der Waals surface area contributed by atoms with E-state index in [1.165, 1.54) is 5.56 Å². The van der Waals surface area contributed by atoms with Crippen molar-refractivity contribution in [2.45, 2.75) is 12.1 Å². The Morgan fingerprint density at radius 1 is 1.23 bits per heavy atom. The van der Waals surface area contributed by atoms with Gasteiger partial charge in [0, 0.05) is 51.7 Å². The molecule has 0 aromatic carbocycles. The van der Waals surface area contributed by atoms with Crippen molar-refractivity contribution < 1.29 is 14.6 Å². The second-order valence-electron chi connectivity index (χ2n) is 6.16. The fourth-order valence-electron chi connectivity index (χ4n) is 3.31. The molecule has 3 rings (SSSR count). The molecule has 2 aliphatic heterocycles. The Balaban J connectivity index is 1.66. The summed E-state index contributed by atoms with van der Waals surface area (Å²) in [6.45, 7) is 7.26. The number of pyridine rings is 1. The highest BCUT2D eigenvalue weighted by Gasteiger charge is 2.40. The fraction of sp³-hybridized carbons (Fsp3) is 0.688. The Bertz CT molecular complexity index is 457. The third-order valence-electron chi connectivity index (χ3n) is 4.30. The molecule has 1 aromatic heterocycles. The molecule has 0 bridgehead atoms. The number of nitrogens with zero attached hydrogens (tertiary/aromatic N) is 3. The predicted octanol–water partition coefficient (Wildman–Crippen LogP) is -0.0229. The number of β-amino-alcohol motifs (C(OH)–C–C–N with tert-alkyl or cyclic N) is 1. The van der Waals surface area contributed by atoms with Gasteiger partial charge in [-0.2, -0.15) is 0 Å². The van der Waals surface area contributed by atoms with E-state index in [0.717, 1.165) is 39.3 Å². The summed E-state index contributed by atoms with van der Waals surface area (Å²) in [4.78, 5) is 8.83. The molecule has 2 aliphatic rings. The first-order chi connectivity index (χ1) is 10.8. The zero-order valence-electron chi connectivity index (χ0n) is 13.0. The SMILES string of the molecule is OCCN1CCO[C@]2(COCCN(Cc3cccnc3)C2)C1. The summed E-state index contributed by atoms with van der Waals surface area (Å²) in [7, 11) is 0. The van der Waals surface area contributed by atoms with E-state index in [0.29, 0.717) is 19.8 Å². The van der Waals surface area contributed by atoms with E-state index in [9.17, 15) is 5.11 Å². The molecule has 3 heterocycles. The van der Waals surface area contributed by atoms with Crippen molar-refractivity contribution in [3.63, 3.8) is 0 Å². The minimum atomic E-state index is -0.286. The van der Waals surface area contributed by atoms with Crippen LogP contribution in [-0.2, 0) is 16.0 Å². The molecule has 1 aromatic rings. The monoisotopic (exact) mass is 307 g/mol. The lowest BCUT2D eigenvalue weighted by atomic mass is 10.0. The molecule has 1 atom stereocenters. The average Bonchev–Trinajstić information content (AvgIpc) is 2.71. The lowest BCUT2D eigenvalue weighted by Gasteiger charge is -2.43. The number of hydrogen-bond donors (Lipinski definition) is 1. The van der Waals surface area contributed by atoms with Gasteiger partial charge in [0.25, 0.3) is 0 Å². The molecule has 2 fully saturated rings. The van der Waals surface area contributed by atoms with Crippen LogP contribution in [-0.4, -0.2) is 84.6 Å². The third-order valence-corrected chi connectivity index (χ3v) is 4.30. The van der Waals surface area contributed by atoms with Gasteiger partial charge < -0.3 is 14.6 Å². The van der Waals surface area contributed by atoms with Gasteiger partial charge >= 0.3 is 0 Å². The molecule has 2 saturated heterocycles. The van der Waals surface area contributed by atoms with Crippen molar-refractivity contribution in [2.75, 3.05) is 59.2 Å².